The van der Waals surface area contributed by atoms with Crippen LogP contribution in [-0.2, 0) is 11.2 Å². The van der Waals surface area contributed by atoms with Crippen LogP contribution in [0, 0.1) is 0 Å². The minimum Gasteiger partial charge on any atom is -0.441 e. The van der Waals surface area contributed by atoms with Crippen LogP contribution in [0.1, 0.15) is 44.4 Å². The highest BCUT2D eigenvalue weighted by Crippen LogP contribution is 2.20. The van der Waals surface area contributed by atoms with Gasteiger partial charge in [-0.05, 0) is 32.4 Å². The molecule has 1 fully saturated rings. The molecule has 0 bridgehead atoms. The van der Waals surface area contributed by atoms with Crippen molar-refractivity contribution in [3.63, 3.8) is 0 Å². The van der Waals surface area contributed by atoms with Gasteiger partial charge >= 0.3 is 0 Å². The smallest absolute Gasteiger partial charge is 0.220 e. The zero-order valence-electron chi connectivity index (χ0n) is 15.5. The predicted molar refractivity (Wildman–Crippen MR) is 103 cm³/mol. The van der Waals surface area contributed by atoms with Crippen molar-refractivity contribution in [3.8, 4) is 11.3 Å². The summed E-state index contributed by atoms with van der Waals surface area (Å²) in [4.78, 5) is 18.8. The van der Waals surface area contributed by atoms with E-state index in [0.29, 0.717) is 18.7 Å². The van der Waals surface area contributed by atoms with Crippen LogP contribution < -0.4 is 5.32 Å². The Morgan fingerprint density at radius 1 is 1.12 bits per heavy atom. The normalized spacial score (nSPS) is 15.5. The molecule has 5 nitrogen and oxygen atoms in total. The van der Waals surface area contributed by atoms with E-state index in [1.54, 1.807) is 6.20 Å². The van der Waals surface area contributed by atoms with Gasteiger partial charge in [0.1, 0.15) is 0 Å². The molecule has 1 aromatic carbocycles. The number of hydrogen-bond donors (Lipinski definition) is 1. The Morgan fingerprint density at radius 2 is 1.88 bits per heavy atom. The molecule has 0 spiro atoms. The molecule has 1 saturated heterocycles. The molecule has 1 amide bonds. The largest absolute Gasteiger partial charge is 0.441 e. The fraction of sp³-hybridized carbons (Fsp3) is 0.524. The maximum Gasteiger partial charge on any atom is 0.220 e. The minimum absolute atomic E-state index is 0.120. The Balaban J connectivity index is 1.32. The summed E-state index contributed by atoms with van der Waals surface area (Å²) < 4.78 is 5.77. The number of benzene rings is 1. The Morgan fingerprint density at radius 3 is 2.65 bits per heavy atom. The summed E-state index contributed by atoms with van der Waals surface area (Å²) in [6.45, 7) is 4.05. The number of carbonyl (C=O) groups is 1. The second kappa shape index (κ2) is 10.1. The first kappa shape index (κ1) is 18.6. The van der Waals surface area contributed by atoms with E-state index in [0.717, 1.165) is 30.8 Å². The second-order valence-corrected chi connectivity index (χ2v) is 6.94. The van der Waals surface area contributed by atoms with E-state index < -0.39 is 0 Å². The first-order valence-electron chi connectivity index (χ1n) is 9.80. The number of rotatable bonds is 8. The van der Waals surface area contributed by atoms with Crippen molar-refractivity contribution in [1.82, 2.24) is 15.2 Å². The summed E-state index contributed by atoms with van der Waals surface area (Å²) >= 11 is 0. The van der Waals surface area contributed by atoms with Gasteiger partial charge in [-0.15, -0.1) is 0 Å². The van der Waals surface area contributed by atoms with E-state index in [4.69, 9.17) is 4.42 Å². The topological polar surface area (TPSA) is 58.4 Å². The minimum atomic E-state index is 0.120. The lowest BCUT2D eigenvalue weighted by Gasteiger charge is -2.19. The lowest BCUT2D eigenvalue weighted by molar-refractivity contribution is -0.121. The van der Waals surface area contributed by atoms with Gasteiger partial charge in [0.05, 0.1) is 6.20 Å². The SMILES string of the molecule is O=C(CCCc1ncc(-c2ccccc2)o1)NCCN1CCCCCC1. The highest BCUT2D eigenvalue weighted by atomic mass is 16.4. The van der Waals surface area contributed by atoms with Crippen LogP contribution in [0.5, 0.6) is 0 Å². The molecule has 1 N–H and O–H groups in total. The Bertz CT molecular complexity index is 661. The van der Waals surface area contributed by atoms with Crippen LogP contribution in [0.3, 0.4) is 0 Å². The lowest BCUT2D eigenvalue weighted by Crippen LogP contribution is -2.35. The van der Waals surface area contributed by atoms with Gasteiger partial charge in [-0.3, -0.25) is 4.79 Å². The fourth-order valence-corrected chi connectivity index (χ4v) is 3.36. The van der Waals surface area contributed by atoms with Crippen LogP contribution >= 0.6 is 0 Å². The maximum absolute atomic E-state index is 12.0. The number of nitrogens with zero attached hydrogens (tertiary/aromatic N) is 2. The number of likely N-dealkylation sites (tertiary alicyclic amines) is 1. The molecule has 1 aliphatic heterocycles. The van der Waals surface area contributed by atoms with Crippen molar-refractivity contribution in [2.45, 2.75) is 44.9 Å². The van der Waals surface area contributed by atoms with Crippen LogP contribution in [-0.4, -0.2) is 42.0 Å². The van der Waals surface area contributed by atoms with E-state index in [9.17, 15) is 4.79 Å². The third kappa shape index (κ3) is 5.99. The van der Waals surface area contributed by atoms with Gasteiger partial charge in [0.2, 0.25) is 5.91 Å². The van der Waals surface area contributed by atoms with E-state index in [1.807, 2.05) is 30.3 Å². The number of aryl methyl sites for hydroxylation is 1. The second-order valence-electron chi connectivity index (χ2n) is 6.94. The summed E-state index contributed by atoms with van der Waals surface area (Å²) in [6.07, 6.45) is 8.97. The first-order valence-corrected chi connectivity index (χ1v) is 9.80. The van der Waals surface area contributed by atoms with Gasteiger partial charge in [-0.1, -0.05) is 43.2 Å². The quantitative estimate of drug-likeness (QED) is 0.785. The molecule has 140 valence electrons. The highest BCUT2D eigenvalue weighted by molar-refractivity contribution is 5.75. The van der Waals surface area contributed by atoms with E-state index >= 15 is 0 Å². The summed E-state index contributed by atoms with van der Waals surface area (Å²) in [7, 11) is 0. The van der Waals surface area contributed by atoms with Crippen molar-refractivity contribution in [2.75, 3.05) is 26.2 Å². The molecular weight excluding hydrogens is 326 g/mol. The van der Waals surface area contributed by atoms with Crippen molar-refractivity contribution >= 4 is 5.91 Å². The number of aromatic nitrogens is 1. The Hall–Kier alpha value is -2.14. The molecule has 2 aromatic rings. The van der Waals surface area contributed by atoms with Crippen molar-refractivity contribution in [2.24, 2.45) is 0 Å². The average Bonchev–Trinajstić information content (AvgIpc) is 2.98. The fourth-order valence-electron chi connectivity index (χ4n) is 3.36. The molecule has 1 aliphatic rings. The first-order chi connectivity index (χ1) is 12.8. The molecule has 26 heavy (non-hydrogen) atoms. The van der Waals surface area contributed by atoms with Crippen LogP contribution in [0.15, 0.2) is 40.9 Å². The summed E-state index contributed by atoms with van der Waals surface area (Å²) in [5.74, 6) is 1.60. The molecule has 0 saturated carbocycles. The standard InChI is InChI=1S/C21H29N3O2/c25-20(22-13-16-24-14-6-1-2-7-15-24)11-8-12-21-23-17-19(26-21)18-9-4-3-5-10-18/h3-5,9-10,17H,1-2,6-8,11-16H2,(H,22,25). The molecule has 1 aromatic heterocycles. The van der Waals surface area contributed by atoms with Gasteiger partial charge < -0.3 is 14.6 Å². The van der Waals surface area contributed by atoms with Gasteiger partial charge in [-0.25, -0.2) is 4.98 Å². The molecule has 2 heterocycles. The lowest BCUT2D eigenvalue weighted by atomic mass is 10.2. The van der Waals surface area contributed by atoms with Crippen LogP contribution in [0.4, 0.5) is 0 Å². The van der Waals surface area contributed by atoms with Gasteiger partial charge in [0.15, 0.2) is 11.7 Å². The maximum atomic E-state index is 12.0. The predicted octanol–water partition coefficient (Wildman–Crippen LogP) is 3.66. The van der Waals surface area contributed by atoms with Crippen molar-refractivity contribution in [1.29, 1.82) is 0 Å². The number of carbonyl (C=O) groups excluding carboxylic acids is 1. The van der Waals surface area contributed by atoms with Gasteiger partial charge in [-0.2, -0.15) is 0 Å². The Kier molecular flexibility index (Phi) is 7.25. The molecule has 3 rings (SSSR count). The molecule has 0 aliphatic carbocycles. The van der Waals surface area contributed by atoms with Gasteiger partial charge in [0, 0.05) is 31.5 Å². The Labute approximate surface area is 155 Å². The number of nitrogens with one attached hydrogen (secondary N) is 1. The molecule has 0 radical (unpaired) electrons. The zero-order chi connectivity index (χ0) is 18.0. The summed E-state index contributed by atoms with van der Waals surface area (Å²) in [5.41, 5.74) is 1.03. The molecule has 5 heteroatoms. The monoisotopic (exact) mass is 355 g/mol. The van der Waals surface area contributed by atoms with Gasteiger partial charge in [0.25, 0.3) is 0 Å². The van der Waals surface area contributed by atoms with E-state index in [-0.39, 0.29) is 5.91 Å². The third-order valence-corrected chi connectivity index (χ3v) is 4.86. The third-order valence-electron chi connectivity index (χ3n) is 4.86. The number of oxazole rings is 1. The highest BCUT2D eigenvalue weighted by Gasteiger charge is 2.10. The number of amides is 1. The number of hydrogen-bond acceptors (Lipinski definition) is 4. The summed E-state index contributed by atoms with van der Waals surface area (Å²) in [5, 5.41) is 3.04. The molecule has 0 unspecified atom stereocenters. The summed E-state index contributed by atoms with van der Waals surface area (Å²) in [6, 6.07) is 9.94. The van der Waals surface area contributed by atoms with E-state index in [1.165, 1.54) is 38.8 Å². The van der Waals surface area contributed by atoms with Crippen LogP contribution in [0.25, 0.3) is 11.3 Å². The molecule has 0 atom stereocenters. The molecular formula is C21H29N3O2. The van der Waals surface area contributed by atoms with Crippen LogP contribution in [0.2, 0.25) is 0 Å². The van der Waals surface area contributed by atoms with Crippen molar-refractivity contribution < 1.29 is 9.21 Å². The van der Waals surface area contributed by atoms with E-state index in [2.05, 4.69) is 15.2 Å². The van der Waals surface area contributed by atoms with Crippen molar-refractivity contribution in [3.05, 3.63) is 42.4 Å². The zero-order valence-corrected chi connectivity index (χ0v) is 15.5. The average molecular weight is 355 g/mol.